The first-order chi connectivity index (χ1) is 8.61. The number of carbonyl (C=O) groups excluding carboxylic acids is 1. The number of hydrogen-bond donors (Lipinski definition) is 2. The lowest BCUT2D eigenvalue weighted by Crippen LogP contribution is -2.38. The van der Waals surface area contributed by atoms with Gasteiger partial charge in [0.05, 0.1) is 0 Å². The van der Waals surface area contributed by atoms with E-state index in [9.17, 15) is 4.79 Å². The van der Waals surface area contributed by atoms with Crippen molar-refractivity contribution in [2.24, 2.45) is 11.8 Å². The molecule has 4 heteroatoms. The summed E-state index contributed by atoms with van der Waals surface area (Å²) in [5.41, 5.74) is 6.79. The highest BCUT2D eigenvalue weighted by Gasteiger charge is 2.40. The monoisotopic (exact) mass is 264 g/mol. The van der Waals surface area contributed by atoms with E-state index in [1.165, 1.54) is 19.3 Å². The number of rotatable bonds is 2. The van der Waals surface area contributed by atoms with Gasteiger partial charge < -0.3 is 11.1 Å². The molecule has 0 aromatic heterocycles. The molecule has 2 bridgehead atoms. The zero-order valence-electron chi connectivity index (χ0n) is 10.2. The van der Waals surface area contributed by atoms with Crippen LogP contribution >= 0.6 is 11.6 Å². The molecule has 18 heavy (non-hydrogen) atoms. The molecule has 3 N–H and O–H groups in total. The highest BCUT2D eigenvalue weighted by molar-refractivity contribution is 6.31. The Morgan fingerprint density at radius 2 is 2.11 bits per heavy atom. The SMILES string of the molecule is Nc1cc(Cl)cc(C(=O)NC2CC3CCC2C3)c1. The van der Waals surface area contributed by atoms with Crippen LogP contribution in [0.1, 0.15) is 36.0 Å². The first-order valence-electron chi connectivity index (χ1n) is 6.49. The summed E-state index contributed by atoms with van der Waals surface area (Å²) >= 11 is 5.91. The Hall–Kier alpha value is -1.22. The van der Waals surface area contributed by atoms with Crippen LogP contribution in [0.5, 0.6) is 0 Å². The second-order valence-electron chi connectivity index (χ2n) is 5.53. The molecular formula is C14H17ClN2O. The Morgan fingerprint density at radius 1 is 1.28 bits per heavy atom. The van der Waals surface area contributed by atoms with E-state index in [4.69, 9.17) is 17.3 Å². The van der Waals surface area contributed by atoms with Crippen LogP contribution in [0.2, 0.25) is 5.02 Å². The summed E-state index contributed by atoms with van der Waals surface area (Å²) in [4.78, 5) is 12.2. The topological polar surface area (TPSA) is 55.1 Å². The largest absolute Gasteiger partial charge is 0.399 e. The standard InChI is InChI=1S/C14H17ClN2O/c15-11-5-10(6-12(16)7-11)14(18)17-13-4-8-1-2-9(13)3-8/h5-9,13H,1-4,16H2,(H,17,18). The van der Waals surface area contributed by atoms with Crippen molar-refractivity contribution in [2.45, 2.75) is 31.7 Å². The molecule has 1 aromatic carbocycles. The van der Waals surface area contributed by atoms with E-state index in [-0.39, 0.29) is 5.91 Å². The summed E-state index contributed by atoms with van der Waals surface area (Å²) in [6.07, 6.45) is 5.00. The predicted octanol–water partition coefficient (Wildman–Crippen LogP) is 2.84. The van der Waals surface area contributed by atoms with Crippen molar-refractivity contribution in [3.8, 4) is 0 Å². The fourth-order valence-electron chi connectivity index (χ4n) is 3.42. The summed E-state index contributed by atoms with van der Waals surface area (Å²) < 4.78 is 0. The molecule has 2 fully saturated rings. The minimum Gasteiger partial charge on any atom is -0.399 e. The Kier molecular flexibility index (Phi) is 2.94. The number of nitrogens with one attached hydrogen (secondary N) is 1. The predicted molar refractivity (Wildman–Crippen MR) is 72.6 cm³/mol. The number of anilines is 1. The van der Waals surface area contributed by atoms with Gasteiger partial charge in [-0.3, -0.25) is 4.79 Å². The van der Waals surface area contributed by atoms with E-state index in [1.807, 2.05) is 0 Å². The molecule has 3 unspecified atom stereocenters. The van der Waals surface area contributed by atoms with Gasteiger partial charge in [0.2, 0.25) is 0 Å². The Labute approximate surface area is 112 Å². The van der Waals surface area contributed by atoms with Crippen molar-refractivity contribution >= 4 is 23.2 Å². The first kappa shape index (κ1) is 11.8. The van der Waals surface area contributed by atoms with Gasteiger partial charge in [-0.1, -0.05) is 18.0 Å². The molecule has 96 valence electrons. The summed E-state index contributed by atoms with van der Waals surface area (Å²) in [7, 11) is 0. The fraction of sp³-hybridized carbons (Fsp3) is 0.500. The minimum atomic E-state index is -0.0539. The second-order valence-corrected chi connectivity index (χ2v) is 5.96. The van der Waals surface area contributed by atoms with Crippen molar-refractivity contribution in [1.29, 1.82) is 0 Å². The lowest BCUT2D eigenvalue weighted by atomic mass is 9.95. The Balaban J connectivity index is 1.71. The highest BCUT2D eigenvalue weighted by Crippen LogP contribution is 2.44. The van der Waals surface area contributed by atoms with Crippen molar-refractivity contribution in [3.63, 3.8) is 0 Å². The van der Waals surface area contributed by atoms with Gasteiger partial charge in [-0.15, -0.1) is 0 Å². The zero-order chi connectivity index (χ0) is 12.7. The number of carbonyl (C=O) groups is 1. The van der Waals surface area contributed by atoms with Gasteiger partial charge in [-0.25, -0.2) is 0 Å². The lowest BCUT2D eigenvalue weighted by Gasteiger charge is -2.23. The highest BCUT2D eigenvalue weighted by atomic mass is 35.5. The molecule has 3 nitrogen and oxygen atoms in total. The third-order valence-electron chi connectivity index (χ3n) is 4.24. The molecule has 2 aliphatic carbocycles. The quantitative estimate of drug-likeness (QED) is 0.807. The molecule has 1 aromatic rings. The molecule has 0 saturated heterocycles. The number of amides is 1. The molecular weight excluding hydrogens is 248 g/mol. The molecule has 1 amide bonds. The third-order valence-corrected chi connectivity index (χ3v) is 4.46. The van der Waals surface area contributed by atoms with Crippen molar-refractivity contribution < 1.29 is 4.79 Å². The number of hydrogen-bond acceptors (Lipinski definition) is 2. The van der Waals surface area contributed by atoms with Crippen LogP contribution in [-0.2, 0) is 0 Å². The number of nitrogen functional groups attached to an aromatic ring is 1. The molecule has 0 aliphatic heterocycles. The van der Waals surface area contributed by atoms with Gasteiger partial charge in [0.25, 0.3) is 5.91 Å². The lowest BCUT2D eigenvalue weighted by molar-refractivity contribution is 0.0923. The molecule has 0 radical (unpaired) electrons. The van der Waals surface area contributed by atoms with Crippen LogP contribution in [0.4, 0.5) is 5.69 Å². The molecule has 0 heterocycles. The smallest absolute Gasteiger partial charge is 0.251 e. The van der Waals surface area contributed by atoms with Gasteiger partial charge in [0, 0.05) is 22.3 Å². The van der Waals surface area contributed by atoms with E-state index in [0.717, 1.165) is 12.3 Å². The van der Waals surface area contributed by atoms with Crippen molar-refractivity contribution in [2.75, 3.05) is 5.73 Å². The van der Waals surface area contributed by atoms with Crippen LogP contribution < -0.4 is 11.1 Å². The second kappa shape index (κ2) is 4.47. The number of benzene rings is 1. The Bertz CT molecular complexity index is 468. The molecule has 2 saturated carbocycles. The van der Waals surface area contributed by atoms with E-state index >= 15 is 0 Å². The van der Waals surface area contributed by atoms with E-state index in [1.54, 1.807) is 18.2 Å². The zero-order valence-corrected chi connectivity index (χ0v) is 10.9. The number of nitrogens with two attached hydrogens (primary N) is 1. The molecule has 3 atom stereocenters. The van der Waals surface area contributed by atoms with Crippen LogP contribution in [-0.4, -0.2) is 11.9 Å². The minimum absolute atomic E-state index is 0.0539. The van der Waals surface area contributed by atoms with Gasteiger partial charge in [-0.05, 0) is 49.3 Å². The Morgan fingerprint density at radius 3 is 2.72 bits per heavy atom. The van der Waals surface area contributed by atoms with E-state index in [2.05, 4.69) is 5.32 Å². The summed E-state index contributed by atoms with van der Waals surface area (Å²) in [6.45, 7) is 0. The van der Waals surface area contributed by atoms with E-state index < -0.39 is 0 Å². The van der Waals surface area contributed by atoms with Gasteiger partial charge in [0.1, 0.15) is 0 Å². The van der Waals surface area contributed by atoms with Crippen molar-refractivity contribution in [3.05, 3.63) is 28.8 Å². The first-order valence-corrected chi connectivity index (χ1v) is 6.86. The van der Waals surface area contributed by atoms with E-state index in [0.29, 0.717) is 28.2 Å². The average Bonchev–Trinajstić information content (AvgIpc) is 2.89. The van der Waals surface area contributed by atoms with Crippen LogP contribution in [0.25, 0.3) is 0 Å². The summed E-state index contributed by atoms with van der Waals surface area (Å²) in [5.74, 6) is 1.45. The summed E-state index contributed by atoms with van der Waals surface area (Å²) in [5, 5.41) is 3.64. The van der Waals surface area contributed by atoms with Crippen LogP contribution in [0, 0.1) is 11.8 Å². The summed E-state index contributed by atoms with van der Waals surface area (Å²) in [6, 6.07) is 5.33. The maximum absolute atomic E-state index is 12.2. The normalized spacial score (nSPS) is 29.5. The van der Waals surface area contributed by atoms with Crippen LogP contribution in [0.15, 0.2) is 18.2 Å². The van der Waals surface area contributed by atoms with Gasteiger partial charge >= 0.3 is 0 Å². The maximum atomic E-state index is 12.2. The third kappa shape index (κ3) is 2.19. The van der Waals surface area contributed by atoms with Crippen LogP contribution in [0.3, 0.4) is 0 Å². The molecule has 2 aliphatic rings. The number of halogens is 1. The molecule has 3 rings (SSSR count). The van der Waals surface area contributed by atoms with Gasteiger partial charge in [0.15, 0.2) is 0 Å². The number of fused-ring (bicyclic) bond motifs is 2. The average molecular weight is 265 g/mol. The van der Waals surface area contributed by atoms with Gasteiger partial charge in [-0.2, -0.15) is 0 Å². The molecule has 0 spiro atoms. The fourth-order valence-corrected chi connectivity index (χ4v) is 3.66. The maximum Gasteiger partial charge on any atom is 0.251 e. The van der Waals surface area contributed by atoms with Crippen molar-refractivity contribution in [1.82, 2.24) is 5.32 Å².